The van der Waals surface area contributed by atoms with Crippen molar-refractivity contribution in [1.82, 2.24) is 30.0 Å². The van der Waals surface area contributed by atoms with Crippen LogP contribution in [-0.2, 0) is 7.05 Å². The van der Waals surface area contributed by atoms with Crippen molar-refractivity contribution in [2.45, 2.75) is 33.7 Å². The van der Waals surface area contributed by atoms with Gasteiger partial charge >= 0.3 is 6.09 Å². The van der Waals surface area contributed by atoms with Crippen molar-refractivity contribution in [1.29, 1.82) is 0 Å². The minimum Gasteiger partial charge on any atom is -0.406 e. The van der Waals surface area contributed by atoms with Gasteiger partial charge in [0, 0.05) is 24.7 Å². The molecule has 4 aromatic rings. The number of rotatable bonds is 3. The van der Waals surface area contributed by atoms with Gasteiger partial charge in [-0.3, -0.25) is 4.68 Å². The number of H-pyrrole nitrogens is 1. The Balaban J connectivity index is 1.68. The van der Waals surface area contributed by atoms with E-state index in [1.165, 1.54) is 12.1 Å². The Kier molecular flexibility index (Phi) is 4.68. The van der Waals surface area contributed by atoms with Crippen LogP contribution in [0.3, 0.4) is 0 Å². The molecule has 0 spiro atoms. The third-order valence-electron chi connectivity index (χ3n) is 5.24. The molecule has 0 unspecified atom stereocenters. The van der Waals surface area contributed by atoms with E-state index in [-0.39, 0.29) is 23.0 Å². The van der Waals surface area contributed by atoms with Gasteiger partial charge in [-0.15, -0.1) is 0 Å². The second-order valence-electron chi connectivity index (χ2n) is 8.36. The first kappa shape index (κ1) is 19.8. The molecule has 1 atom stereocenters. The minimum absolute atomic E-state index is 0.0860. The molecule has 4 rings (SSSR count). The van der Waals surface area contributed by atoms with Crippen LogP contribution < -0.4 is 10.1 Å². The number of nitrogens with zero attached hydrogens (tertiary/aromatic N) is 4. The highest BCUT2D eigenvalue weighted by Gasteiger charge is 2.23. The highest BCUT2D eigenvalue weighted by atomic mass is 19.1. The summed E-state index contributed by atoms with van der Waals surface area (Å²) in [7, 11) is 1.74. The Morgan fingerprint density at radius 3 is 2.83 bits per heavy atom. The number of carbonyl (C=O) groups is 1. The lowest BCUT2D eigenvalue weighted by molar-refractivity contribution is 0.184. The number of aromatic amines is 1. The molecule has 0 aliphatic carbocycles. The van der Waals surface area contributed by atoms with Crippen LogP contribution in [0.1, 0.15) is 27.7 Å². The minimum atomic E-state index is -0.565. The van der Waals surface area contributed by atoms with Gasteiger partial charge in [-0.1, -0.05) is 20.8 Å². The van der Waals surface area contributed by atoms with Gasteiger partial charge in [0.25, 0.3) is 0 Å². The third kappa shape index (κ3) is 3.58. The van der Waals surface area contributed by atoms with Crippen molar-refractivity contribution in [3.05, 3.63) is 36.4 Å². The predicted octanol–water partition coefficient (Wildman–Crippen LogP) is 4.17. The molecule has 1 aromatic carbocycles. The lowest BCUT2D eigenvalue weighted by Crippen LogP contribution is -2.42. The molecule has 0 radical (unpaired) electrons. The lowest BCUT2D eigenvalue weighted by atomic mass is 9.88. The Morgan fingerprint density at radius 1 is 1.33 bits per heavy atom. The highest BCUT2D eigenvalue weighted by molar-refractivity contribution is 5.93. The van der Waals surface area contributed by atoms with Crippen LogP contribution in [0.15, 0.2) is 30.6 Å². The van der Waals surface area contributed by atoms with Crippen LogP contribution in [0.5, 0.6) is 5.75 Å². The Bertz CT molecular complexity index is 1250. The van der Waals surface area contributed by atoms with Crippen LogP contribution in [0.4, 0.5) is 9.18 Å². The van der Waals surface area contributed by atoms with E-state index >= 15 is 0 Å². The molecule has 156 valence electrons. The summed E-state index contributed by atoms with van der Waals surface area (Å²) < 4.78 is 20.7. The number of ether oxygens (including phenoxy) is 1. The molecular formula is C21H23FN6O2. The van der Waals surface area contributed by atoms with E-state index in [2.05, 4.69) is 25.4 Å². The second-order valence-corrected chi connectivity index (χ2v) is 8.36. The summed E-state index contributed by atoms with van der Waals surface area (Å²) >= 11 is 0. The maximum atomic E-state index is 13.6. The van der Waals surface area contributed by atoms with Crippen LogP contribution in [0.25, 0.3) is 33.5 Å². The van der Waals surface area contributed by atoms with E-state index in [1.807, 2.05) is 27.7 Å². The molecule has 9 heteroatoms. The average Bonchev–Trinajstić information content (AvgIpc) is 3.21. The summed E-state index contributed by atoms with van der Waals surface area (Å²) in [6.45, 7) is 8.02. The van der Waals surface area contributed by atoms with Crippen molar-refractivity contribution in [2.24, 2.45) is 12.5 Å². The van der Waals surface area contributed by atoms with Crippen molar-refractivity contribution in [2.75, 3.05) is 0 Å². The van der Waals surface area contributed by atoms with Crippen molar-refractivity contribution >= 4 is 28.2 Å². The van der Waals surface area contributed by atoms with Gasteiger partial charge in [-0.25, -0.2) is 19.2 Å². The van der Waals surface area contributed by atoms with Gasteiger partial charge in [0.1, 0.15) is 17.2 Å². The number of amides is 1. The summed E-state index contributed by atoms with van der Waals surface area (Å²) in [6.07, 6.45) is 2.56. The van der Waals surface area contributed by atoms with E-state index in [9.17, 15) is 9.18 Å². The number of fused-ring (bicyclic) bond motifs is 2. The number of aromatic nitrogens is 5. The first-order valence-corrected chi connectivity index (χ1v) is 9.58. The number of halogens is 1. The number of aryl methyl sites for hydroxylation is 1. The summed E-state index contributed by atoms with van der Waals surface area (Å²) in [4.78, 5) is 24.3. The number of nitrogens with one attached hydrogen (secondary N) is 2. The number of carbonyl (C=O) groups excluding carboxylic acids is 1. The molecule has 0 fully saturated rings. The zero-order valence-corrected chi connectivity index (χ0v) is 17.4. The van der Waals surface area contributed by atoms with E-state index in [1.54, 1.807) is 30.2 Å². The zero-order chi connectivity index (χ0) is 21.6. The fourth-order valence-corrected chi connectivity index (χ4v) is 3.00. The summed E-state index contributed by atoms with van der Waals surface area (Å²) in [5.41, 5.74) is 2.50. The quantitative estimate of drug-likeness (QED) is 0.528. The Hall–Kier alpha value is -3.49. The lowest BCUT2D eigenvalue weighted by Gasteiger charge is -2.27. The standard InChI is InChI=1S/C21H23FN6O2/c1-11(21(2,3)4)25-20(29)30-16-10-24-19-18(16)26-14(9-23-19)17-13-7-6-12(22)8-15(13)28(5)27-17/h6-11H,1-5H3,(H,23,24)(H,25,29)/t11-/m0/s1. The predicted molar refractivity (Wildman–Crippen MR) is 112 cm³/mol. The van der Waals surface area contributed by atoms with Crippen molar-refractivity contribution in [3.8, 4) is 17.1 Å². The molecule has 0 saturated carbocycles. The van der Waals surface area contributed by atoms with E-state index < -0.39 is 6.09 Å². The molecule has 1 amide bonds. The average molecular weight is 410 g/mol. The highest BCUT2D eigenvalue weighted by Crippen LogP contribution is 2.30. The Morgan fingerprint density at radius 2 is 2.10 bits per heavy atom. The van der Waals surface area contributed by atoms with Gasteiger partial charge in [-0.05, 0) is 30.5 Å². The smallest absolute Gasteiger partial charge is 0.406 e. The van der Waals surface area contributed by atoms with Crippen LogP contribution >= 0.6 is 0 Å². The normalized spacial score (nSPS) is 13.0. The maximum absolute atomic E-state index is 13.6. The van der Waals surface area contributed by atoms with Crippen LogP contribution in [0, 0.1) is 11.2 Å². The molecule has 3 heterocycles. The largest absolute Gasteiger partial charge is 0.412 e. The maximum Gasteiger partial charge on any atom is 0.412 e. The number of hydrogen-bond donors (Lipinski definition) is 2. The SMILES string of the molecule is C[C@H](NC(=O)Oc1c[nH]c2ncc(-c3nn(C)c4cc(F)ccc34)nc12)C(C)(C)C. The fraction of sp³-hybridized carbons (Fsp3) is 0.333. The summed E-state index contributed by atoms with van der Waals surface area (Å²) in [5, 5.41) is 8.05. The van der Waals surface area contributed by atoms with Gasteiger partial charge in [-0.2, -0.15) is 5.10 Å². The third-order valence-corrected chi connectivity index (χ3v) is 5.24. The molecule has 0 bridgehead atoms. The molecule has 3 aromatic heterocycles. The molecule has 0 aliphatic heterocycles. The first-order valence-electron chi connectivity index (χ1n) is 9.58. The van der Waals surface area contributed by atoms with Crippen molar-refractivity contribution < 1.29 is 13.9 Å². The van der Waals surface area contributed by atoms with Gasteiger partial charge < -0.3 is 15.0 Å². The Labute approximate surface area is 172 Å². The molecule has 8 nitrogen and oxygen atoms in total. The zero-order valence-electron chi connectivity index (χ0n) is 17.4. The monoisotopic (exact) mass is 410 g/mol. The summed E-state index contributed by atoms with van der Waals surface area (Å²) in [6, 6.07) is 4.38. The van der Waals surface area contributed by atoms with E-state index in [0.29, 0.717) is 28.1 Å². The number of benzene rings is 1. The number of hydrogen-bond acceptors (Lipinski definition) is 5. The van der Waals surface area contributed by atoms with Crippen LogP contribution in [0.2, 0.25) is 0 Å². The first-order chi connectivity index (χ1) is 14.1. The van der Waals surface area contributed by atoms with Gasteiger partial charge in [0.05, 0.1) is 11.7 Å². The molecule has 0 aliphatic rings. The van der Waals surface area contributed by atoms with E-state index in [4.69, 9.17) is 4.74 Å². The van der Waals surface area contributed by atoms with Crippen LogP contribution in [-0.4, -0.2) is 36.9 Å². The van der Waals surface area contributed by atoms with Gasteiger partial charge in [0.2, 0.25) is 0 Å². The molecule has 30 heavy (non-hydrogen) atoms. The molecule has 0 saturated heterocycles. The van der Waals surface area contributed by atoms with E-state index in [0.717, 1.165) is 5.39 Å². The topological polar surface area (TPSA) is 97.7 Å². The molecular weight excluding hydrogens is 387 g/mol. The van der Waals surface area contributed by atoms with Gasteiger partial charge in [0.15, 0.2) is 16.9 Å². The fourth-order valence-electron chi connectivity index (χ4n) is 3.00. The molecule has 2 N–H and O–H groups in total. The van der Waals surface area contributed by atoms with Crippen molar-refractivity contribution in [3.63, 3.8) is 0 Å². The summed E-state index contributed by atoms with van der Waals surface area (Å²) in [5.74, 6) is -0.0698. The second kappa shape index (κ2) is 7.08.